The molecule has 0 radical (unpaired) electrons. The normalized spacial score (nSPS) is 20.8. The Morgan fingerprint density at radius 3 is 2.82 bits per heavy atom. The molecule has 2 aliphatic rings. The molecule has 1 fully saturated rings. The van der Waals surface area contributed by atoms with Crippen LogP contribution in [0.1, 0.15) is 47.8 Å². The Labute approximate surface area is 130 Å². The minimum atomic E-state index is 0.491. The predicted octanol–water partition coefficient (Wildman–Crippen LogP) is 3.64. The van der Waals surface area contributed by atoms with Crippen LogP contribution >= 0.6 is 0 Å². The number of rotatable bonds is 4. The van der Waals surface area contributed by atoms with Gasteiger partial charge < -0.3 is 14.0 Å². The lowest BCUT2D eigenvalue weighted by Crippen LogP contribution is -2.04. The van der Waals surface area contributed by atoms with Crippen LogP contribution in [0.25, 0.3) is 0 Å². The summed E-state index contributed by atoms with van der Waals surface area (Å²) in [7, 11) is 0. The zero-order valence-electron chi connectivity index (χ0n) is 12.7. The number of fused-ring (bicyclic) bond motifs is 1. The molecule has 1 aromatic carbocycles. The molecule has 4 heteroatoms. The summed E-state index contributed by atoms with van der Waals surface area (Å²) in [6.07, 6.45) is 5.62. The van der Waals surface area contributed by atoms with E-state index in [1.807, 2.05) is 12.1 Å². The fourth-order valence-corrected chi connectivity index (χ4v) is 3.35. The lowest BCUT2D eigenvalue weighted by Gasteiger charge is -2.11. The highest BCUT2D eigenvalue weighted by Gasteiger charge is 2.20. The molecule has 1 atom stereocenters. The molecule has 1 aromatic heterocycles. The molecule has 4 rings (SSSR count). The molecule has 0 N–H and O–H groups in total. The van der Waals surface area contributed by atoms with Gasteiger partial charge in [0.05, 0.1) is 6.61 Å². The van der Waals surface area contributed by atoms with E-state index in [4.69, 9.17) is 14.0 Å². The average Bonchev–Trinajstić information content (AvgIpc) is 3.23. The molecule has 116 valence electrons. The van der Waals surface area contributed by atoms with Crippen LogP contribution in [0, 0.1) is 0 Å². The van der Waals surface area contributed by atoms with Crippen LogP contribution in [-0.4, -0.2) is 18.4 Å². The quantitative estimate of drug-likeness (QED) is 0.864. The van der Waals surface area contributed by atoms with E-state index in [9.17, 15) is 0 Å². The highest BCUT2D eigenvalue weighted by Crippen LogP contribution is 2.28. The van der Waals surface area contributed by atoms with Gasteiger partial charge in [-0.25, -0.2) is 0 Å². The summed E-state index contributed by atoms with van der Waals surface area (Å²) in [4.78, 5) is 0. The van der Waals surface area contributed by atoms with Crippen molar-refractivity contribution < 1.29 is 14.0 Å². The van der Waals surface area contributed by atoms with E-state index in [0.29, 0.717) is 12.5 Å². The van der Waals surface area contributed by atoms with Gasteiger partial charge in [0.25, 0.3) is 0 Å². The molecule has 0 spiro atoms. The lowest BCUT2D eigenvalue weighted by molar-refractivity contribution is 0.194. The number of hydrogen-bond acceptors (Lipinski definition) is 4. The minimum Gasteiger partial charge on any atom is -0.487 e. The number of nitrogens with zero attached hydrogens (tertiary/aromatic N) is 1. The van der Waals surface area contributed by atoms with Crippen molar-refractivity contribution in [2.45, 2.75) is 44.6 Å². The van der Waals surface area contributed by atoms with E-state index in [1.54, 1.807) is 0 Å². The Bertz CT molecular complexity index is 626. The van der Waals surface area contributed by atoms with Gasteiger partial charge >= 0.3 is 0 Å². The van der Waals surface area contributed by atoms with Crippen molar-refractivity contribution in [3.8, 4) is 5.75 Å². The second-order valence-corrected chi connectivity index (χ2v) is 6.16. The lowest BCUT2D eigenvalue weighted by atomic mass is 9.97. The highest BCUT2D eigenvalue weighted by molar-refractivity contribution is 5.31. The van der Waals surface area contributed by atoms with Crippen LogP contribution in [-0.2, 0) is 24.2 Å². The second kappa shape index (κ2) is 6.13. The van der Waals surface area contributed by atoms with Gasteiger partial charge in [0, 0.05) is 24.5 Å². The maximum Gasteiger partial charge on any atom is 0.140 e. The number of aromatic nitrogens is 1. The highest BCUT2D eigenvalue weighted by atomic mass is 16.5. The molecule has 0 bridgehead atoms. The standard InChI is InChI=1S/C18H21NO3/c1-2-4-18-16(3-1)17(19-22-18)12-21-15-7-5-13(6-8-15)14-9-10-20-11-14/h5-8,14H,1-4,9-12H2. The van der Waals surface area contributed by atoms with Crippen molar-refractivity contribution in [2.24, 2.45) is 0 Å². The van der Waals surface area contributed by atoms with E-state index in [-0.39, 0.29) is 0 Å². The third-order valence-electron chi connectivity index (χ3n) is 4.69. The molecule has 0 amide bonds. The molecule has 2 heterocycles. The molecule has 0 saturated carbocycles. The predicted molar refractivity (Wildman–Crippen MR) is 82.1 cm³/mol. The first kappa shape index (κ1) is 13.8. The number of aryl methyl sites for hydroxylation is 1. The first-order valence-electron chi connectivity index (χ1n) is 8.17. The summed E-state index contributed by atoms with van der Waals surface area (Å²) in [5.41, 5.74) is 3.57. The van der Waals surface area contributed by atoms with Gasteiger partial charge in [-0.2, -0.15) is 0 Å². The van der Waals surface area contributed by atoms with Crippen molar-refractivity contribution in [1.82, 2.24) is 5.16 Å². The van der Waals surface area contributed by atoms with Crippen molar-refractivity contribution in [1.29, 1.82) is 0 Å². The minimum absolute atomic E-state index is 0.491. The van der Waals surface area contributed by atoms with Crippen LogP contribution in [0.2, 0.25) is 0 Å². The molecule has 1 saturated heterocycles. The summed E-state index contributed by atoms with van der Waals surface area (Å²) < 4.78 is 16.7. The van der Waals surface area contributed by atoms with Crippen LogP contribution in [0.5, 0.6) is 5.75 Å². The fraction of sp³-hybridized carbons (Fsp3) is 0.500. The summed E-state index contributed by atoms with van der Waals surface area (Å²) in [6.45, 7) is 2.20. The zero-order chi connectivity index (χ0) is 14.8. The van der Waals surface area contributed by atoms with E-state index in [2.05, 4.69) is 17.3 Å². The largest absolute Gasteiger partial charge is 0.487 e. The maximum atomic E-state index is 5.88. The topological polar surface area (TPSA) is 44.5 Å². The molecule has 1 aliphatic carbocycles. The molecular formula is C18H21NO3. The van der Waals surface area contributed by atoms with E-state index in [1.165, 1.54) is 24.0 Å². The molecule has 4 nitrogen and oxygen atoms in total. The van der Waals surface area contributed by atoms with Gasteiger partial charge in [0.2, 0.25) is 0 Å². The van der Waals surface area contributed by atoms with Crippen LogP contribution in [0.4, 0.5) is 0 Å². The van der Waals surface area contributed by atoms with E-state index in [0.717, 1.165) is 49.7 Å². The number of benzene rings is 1. The van der Waals surface area contributed by atoms with Crippen LogP contribution in [0.15, 0.2) is 28.8 Å². The van der Waals surface area contributed by atoms with Crippen LogP contribution in [0.3, 0.4) is 0 Å². The zero-order valence-corrected chi connectivity index (χ0v) is 12.7. The average molecular weight is 299 g/mol. The van der Waals surface area contributed by atoms with E-state index >= 15 is 0 Å². The number of ether oxygens (including phenoxy) is 2. The Morgan fingerprint density at radius 1 is 1.14 bits per heavy atom. The van der Waals surface area contributed by atoms with Crippen molar-refractivity contribution >= 4 is 0 Å². The molecular weight excluding hydrogens is 278 g/mol. The first-order chi connectivity index (χ1) is 10.9. The Hall–Kier alpha value is -1.81. The van der Waals surface area contributed by atoms with Crippen molar-refractivity contribution in [3.05, 3.63) is 46.8 Å². The van der Waals surface area contributed by atoms with Crippen LogP contribution < -0.4 is 4.74 Å². The fourth-order valence-electron chi connectivity index (χ4n) is 3.35. The van der Waals surface area contributed by atoms with Gasteiger partial charge in [-0.15, -0.1) is 0 Å². The maximum absolute atomic E-state index is 5.88. The summed E-state index contributed by atoms with van der Waals surface area (Å²) in [5, 5.41) is 4.18. The molecule has 2 aromatic rings. The van der Waals surface area contributed by atoms with Crippen molar-refractivity contribution in [3.63, 3.8) is 0 Å². The van der Waals surface area contributed by atoms with Gasteiger partial charge in [-0.1, -0.05) is 17.3 Å². The third-order valence-corrected chi connectivity index (χ3v) is 4.69. The third kappa shape index (κ3) is 2.75. The van der Waals surface area contributed by atoms with Gasteiger partial charge in [0.15, 0.2) is 0 Å². The SMILES string of the molecule is c1cc(C2CCOC2)ccc1OCc1noc2c1CCCC2. The smallest absolute Gasteiger partial charge is 0.140 e. The molecule has 22 heavy (non-hydrogen) atoms. The van der Waals surface area contributed by atoms with Gasteiger partial charge in [-0.05, 0) is 43.4 Å². The number of hydrogen-bond donors (Lipinski definition) is 0. The Kier molecular flexibility index (Phi) is 3.85. The second-order valence-electron chi connectivity index (χ2n) is 6.16. The Morgan fingerprint density at radius 2 is 2.00 bits per heavy atom. The summed E-state index contributed by atoms with van der Waals surface area (Å²) >= 11 is 0. The molecule has 1 unspecified atom stereocenters. The van der Waals surface area contributed by atoms with E-state index < -0.39 is 0 Å². The summed E-state index contributed by atoms with van der Waals surface area (Å²) in [5.74, 6) is 2.48. The van der Waals surface area contributed by atoms with Crippen molar-refractivity contribution in [2.75, 3.05) is 13.2 Å². The van der Waals surface area contributed by atoms with Gasteiger partial charge in [-0.3, -0.25) is 0 Å². The Balaban J connectivity index is 1.40. The summed E-state index contributed by atoms with van der Waals surface area (Å²) in [6, 6.07) is 8.38. The van der Waals surface area contributed by atoms with Gasteiger partial charge in [0.1, 0.15) is 23.8 Å². The molecule has 1 aliphatic heterocycles. The first-order valence-corrected chi connectivity index (χ1v) is 8.17. The monoisotopic (exact) mass is 299 g/mol.